The fourth-order valence-corrected chi connectivity index (χ4v) is 3.06. The molecule has 1 aromatic carbocycles. The normalized spacial score (nSPS) is 20.9. The average Bonchev–Trinajstić information content (AvgIpc) is 2.82. The van der Waals surface area contributed by atoms with Crippen LogP contribution in [0.15, 0.2) is 12.1 Å². The molecule has 1 atom stereocenters. The lowest BCUT2D eigenvalue weighted by Gasteiger charge is -2.29. The molecule has 6 nitrogen and oxygen atoms in total. The number of halogens is 3. The van der Waals surface area contributed by atoms with E-state index in [2.05, 4.69) is 5.32 Å². The van der Waals surface area contributed by atoms with Crippen LogP contribution in [0.5, 0.6) is 5.75 Å². The van der Waals surface area contributed by atoms with Crippen molar-refractivity contribution in [2.24, 2.45) is 0 Å². The highest BCUT2D eigenvalue weighted by Gasteiger charge is 2.44. The molecule has 0 bridgehead atoms. The zero-order chi connectivity index (χ0) is 17.6. The minimum atomic E-state index is -4.66. The topological polar surface area (TPSA) is 75.7 Å². The van der Waals surface area contributed by atoms with Crippen LogP contribution in [0.2, 0.25) is 0 Å². The van der Waals surface area contributed by atoms with E-state index in [1.165, 1.54) is 11.0 Å². The van der Waals surface area contributed by atoms with Crippen molar-refractivity contribution >= 4 is 17.7 Å². The number of rotatable bonds is 2. The quantitative estimate of drug-likeness (QED) is 0.826. The number of nitrogens with zero attached hydrogens (tertiary/aromatic N) is 1. The summed E-state index contributed by atoms with van der Waals surface area (Å²) >= 11 is 0. The van der Waals surface area contributed by atoms with Crippen LogP contribution in [0.4, 0.5) is 13.2 Å². The summed E-state index contributed by atoms with van der Waals surface area (Å²) in [5.41, 5.74) is -0.867. The summed E-state index contributed by atoms with van der Waals surface area (Å²) in [5.74, 6) is -2.30. The van der Waals surface area contributed by atoms with E-state index in [1.54, 1.807) is 0 Å². The van der Waals surface area contributed by atoms with Crippen molar-refractivity contribution in [3.05, 3.63) is 28.8 Å². The van der Waals surface area contributed by atoms with Gasteiger partial charge in [0.1, 0.15) is 11.8 Å². The lowest BCUT2D eigenvalue weighted by Crippen LogP contribution is -2.52. The summed E-state index contributed by atoms with van der Waals surface area (Å²) in [6.07, 6.45) is -4.46. The third-order valence-electron chi connectivity index (χ3n) is 4.16. The number of methoxy groups -OCH3 is 1. The first kappa shape index (κ1) is 16.3. The van der Waals surface area contributed by atoms with Crippen molar-refractivity contribution < 1.29 is 32.3 Å². The Hall–Kier alpha value is -2.58. The predicted molar refractivity (Wildman–Crippen MR) is 74.0 cm³/mol. The van der Waals surface area contributed by atoms with Crippen molar-refractivity contribution in [3.8, 4) is 5.75 Å². The summed E-state index contributed by atoms with van der Waals surface area (Å²) < 4.78 is 44.1. The van der Waals surface area contributed by atoms with Gasteiger partial charge in [-0.25, -0.2) is 0 Å². The maximum Gasteiger partial charge on any atom is 0.419 e. The van der Waals surface area contributed by atoms with Crippen LogP contribution >= 0.6 is 0 Å². The molecule has 3 amide bonds. The van der Waals surface area contributed by atoms with Gasteiger partial charge in [-0.15, -0.1) is 0 Å². The summed E-state index contributed by atoms with van der Waals surface area (Å²) in [6.45, 7) is -0.00502. The third-order valence-corrected chi connectivity index (χ3v) is 4.16. The average molecular weight is 342 g/mol. The first-order valence-corrected chi connectivity index (χ1v) is 7.15. The number of alkyl halides is 3. The number of hydrogen-bond acceptors (Lipinski definition) is 4. The minimum Gasteiger partial charge on any atom is -0.495 e. The molecule has 2 aliphatic heterocycles. The number of nitrogens with one attached hydrogen (secondary N) is 1. The highest BCUT2D eigenvalue weighted by Crippen LogP contribution is 2.42. The number of benzene rings is 1. The van der Waals surface area contributed by atoms with E-state index in [0.29, 0.717) is 5.56 Å². The second-order valence-electron chi connectivity index (χ2n) is 5.58. The molecule has 1 N–H and O–H groups in total. The van der Waals surface area contributed by atoms with Gasteiger partial charge < -0.3 is 9.64 Å². The Bertz CT molecular complexity index is 745. The van der Waals surface area contributed by atoms with Crippen LogP contribution < -0.4 is 10.1 Å². The molecule has 1 aromatic rings. The Kier molecular flexibility index (Phi) is 3.73. The molecule has 0 saturated carbocycles. The summed E-state index contributed by atoms with van der Waals surface area (Å²) in [4.78, 5) is 36.9. The second kappa shape index (κ2) is 5.50. The lowest BCUT2D eigenvalue weighted by atomic mass is 10.0. The largest absolute Gasteiger partial charge is 0.495 e. The molecule has 3 rings (SSSR count). The number of carbonyl (C=O) groups is 3. The van der Waals surface area contributed by atoms with Gasteiger partial charge in [-0.3, -0.25) is 19.7 Å². The fraction of sp³-hybridized carbons (Fsp3) is 0.400. The number of ether oxygens (including phenoxy) is 1. The predicted octanol–water partition coefficient (Wildman–Crippen LogP) is 1.47. The van der Waals surface area contributed by atoms with E-state index in [0.717, 1.165) is 13.2 Å². The molecule has 0 aliphatic carbocycles. The maximum absolute atomic E-state index is 13.1. The highest BCUT2D eigenvalue weighted by atomic mass is 19.4. The molecule has 1 unspecified atom stereocenters. The Morgan fingerprint density at radius 2 is 1.96 bits per heavy atom. The maximum atomic E-state index is 13.1. The van der Waals surface area contributed by atoms with Gasteiger partial charge in [0.2, 0.25) is 11.8 Å². The van der Waals surface area contributed by atoms with E-state index >= 15 is 0 Å². The molecular formula is C15H13F3N2O4. The first-order chi connectivity index (χ1) is 11.2. The van der Waals surface area contributed by atoms with Crippen molar-refractivity contribution in [2.75, 3.05) is 7.11 Å². The van der Waals surface area contributed by atoms with Crippen molar-refractivity contribution in [1.29, 1.82) is 0 Å². The Balaban J connectivity index is 1.99. The van der Waals surface area contributed by atoms with Gasteiger partial charge in [0.25, 0.3) is 5.91 Å². The summed E-state index contributed by atoms with van der Waals surface area (Å²) in [7, 11) is 1.06. The molecule has 1 saturated heterocycles. The van der Waals surface area contributed by atoms with E-state index in [-0.39, 0.29) is 24.9 Å². The number of amides is 3. The van der Waals surface area contributed by atoms with E-state index in [9.17, 15) is 27.6 Å². The van der Waals surface area contributed by atoms with Crippen molar-refractivity contribution in [1.82, 2.24) is 10.2 Å². The standard InChI is InChI=1S/C15H13F3N2O4/c1-24-12-8(15(16,17)18)3-2-7-6-20(14(23)11(7)12)9-4-5-10(21)19-13(9)22/h2-3,9H,4-6H2,1H3,(H,19,21,22). The molecule has 0 spiro atoms. The van der Waals surface area contributed by atoms with Gasteiger partial charge >= 0.3 is 6.18 Å². The van der Waals surface area contributed by atoms with Gasteiger partial charge in [-0.2, -0.15) is 13.2 Å². The van der Waals surface area contributed by atoms with Crippen molar-refractivity contribution in [3.63, 3.8) is 0 Å². The van der Waals surface area contributed by atoms with Crippen molar-refractivity contribution in [2.45, 2.75) is 31.6 Å². The number of carbonyl (C=O) groups excluding carboxylic acids is 3. The third kappa shape index (κ3) is 2.49. The zero-order valence-electron chi connectivity index (χ0n) is 12.6. The van der Waals surface area contributed by atoms with Crippen LogP contribution in [0.25, 0.3) is 0 Å². The molecule has 1 fully saturated rings. The SMILES string of the molecule is COc1c(C(F)(F)F)ccc2c1C(=O)N(C1CCC(=O)NC1=O)C2. The van der Waals surface area contributed by atoms with Crippen LogP contribution in [-0.2, 0) is 22.3 Å². The summed E-state index contributed by atoms with van der Waals surface area (Å²) in [6, 6.07) is 1.19. The van der Waals surface area contributed by atoms with Crippen LogP contribution in [0.1, 0.15) is 34.3 Å². The molecule has 9 heteroatoms. The molecule has 0 radical (unpaired) electrons. The number of piperidine rings is 1. The second-order valence-corrected chi connectivity index (χ2v) is 5.58. The van der Waals surface area contributed by atoms with Gasteiger partial charge in [0, 0.05) is 13.0 Å². The molecule has 2 aliphatic rings. The van der Waals surface area contributed by atoms with Crippen LogP contribution in [0, 0.1) is 0 Å². The molecule has 128 valence electrons. The van der Waals surface area contributed by atoms with Gasteiger partial charge in [0.05, 0.1) is 18.2 Å². The number of fused-ring (bicyclic) bond motifs is 1. The monoisotopic (exact) mass is 342 g/mol. The van der Waals surface area contributed by atoms with Gasteiger partial charge in [0.15, 0.2) is 0 Å². The summed E-state index contributed by atoms with van der Waals surface area (Å²) in [5, 5.41) is 2.13. The van der Waals surface area contributed by atoms with Crippen LogP contribution in [0.3, 0.4) is 0 Å². The molecule has 24 heavy (non-hydrogen) atoms. The van der Waals surface area contributed by atoms with E-state index < -0.39 is 41.3 Å². The Morgan fingerprint density at radius 3 is 2.54 bits per heavy atom. The van der Waals surface area contributed by atoms with Gasteiger partial charge in [-0.1, -0.05) is 6.07 Å². The molecular weight excluding hydrogens is 329 g/mol. The van der Waals surface area contributed by atoms with Gasteiger partial charge in [-0.05, 0) is 18.1 Å². The number of hydrogen-bond donors (Lipinski definition) is 1. The zero-order valence-corrected chi connectivity index (χ0v) is 12.6. The fourth-order valence-electron chi connectivity index (χ4n) is 3.06. The first-order valence-electron chi connectivity index (χ1n) is 7.15. The number of imide groups is 1. The van der Waals surface area contributed by atoms with E-state index in [1.807, 2.05) is 0 Å². The Morgan fingerprint density at radius 1 is 1.25 bits per heavy atom. The molecule has 0 aromatic heterocycles. The Labute approximate surface area is 134 Å². The lowest BCUT2D eigenvalue weighted by molar-refractivity contribution is -0.139. The van der Waals surface area contributed by atoms with E-state index in [4.69, 9.17) is 4.74 Å². The smallest absolute Gasteiger partial charge is 0.419 e. The molecule has 2 heterocycles. The van der Waals surface area contributed by atoms with Crippen LogP contribution in [-0.4, -0.2) is 35.8 Å². The minimum absolute atomic E-state index is 0.00502. The highest BCUT2D eigenvalue weighted by molar-refractivity contribution is 6.06.